The maximum Gasteiger partial charge on any atom is 0.227 e. The summed E-state index contributed by atoms with van der Waals surface area (Å²) in [5, 5.41) is 10.6. The number of nitrogens with zero attached hydrogens (tertiary/aromatic N) is 10. The van der Waals surface area contributed by atoms with Crippen molar-refractivity contribution in [3.63, 3.8) is 0 Å². The lowest BCUT2D eigenvalue weighted by molar-refractivity contribution is -0.661. The third-order valence-corrected chi connectivity index (χ3v) is 27.7. The van der Waals surface area contributed by atoms with E-state index in [4.69, 9.17) is 53.0 Å². The summed E-state index contributed by atoms with van der Waals surface area (Å²) in [5.74, 6) is -0.835. The van der Waals surface area contributed by atoms with Gasteiger partial charge in [-0.15, -0.1) is 0 Å². The molecule has 15 nitrogen and oxygen atoms in total. The third-order valence-electron chi connectivity index (χ3n) is 27.7. The minimum atomic E-state index is -2.43. The Morgan fingerprint density at radius 1 is 0.246 bits per heavy atom. The van der Waals surface area contributed by atoms with Crippen molar-refractivity contribution in [1.29, 1.82) is 0 Å². The fourth-order valence-corrected chi connectivity index (χ4v) is 19.8. The van der Waals surface area contributed by atoms with Crippen LogP contribution in [0, 0.1) is 69.2 Å². The maximum atomic E-state index is 8.53. The molecule has 138 heavy (non-hydrogen) atoms. The van der Waals surface area contributed by atoms with Crippen molar-refractivity contribution >= 4 is 110 Å². The molecule has 15 heterocycles. The lowest BCUT2D eigenvalue weighted by atomic mass is 9.95. The van der Waals surface area contributed by atoms with Crippen LogP contribution in [-0.4, -0.2) is 24.9 Å². The number of furan rings is 5. The first-order valence-electron chi connectivity index (χ1n) is 52.9. The van der Waals surface area contributed by atoms with Crippen molar-refractivity contribution in [1.82, 2.24) is 24.9 Å². The van der Waals surface area contributed by atoms with Crippen LogP contribution in [0.3, 0.4) is 0 Å². The average Bonchev–Trinajstić information content (AvgIpc) is 1.57. The van der Waals surface area contributed by atoms with Crippen molar-refractivity contribution in [2.24, 2.45) is 35.2 Å². The number of pyridine rings is 10. The SMILES string of the molecule is CCc1ccc2c(n1)oc1c(-c3cc(C)c(C(C)C)c[n+]3C)c(C)ccc12.Cc1cc(-c2c(C)ccc3c2oc2nc(C(C)C)ccc23)[n+](C)cc1C(C)C.Cc1cc(-c2c(C)ccc3c2oc2nc(C(C)C)ccc23)[n+](C)cc1C(C)C.[2H]C([2H])([2H])C([2H])(C)c1c[n+](C)c(-c2c(C)ccc3c2oc2nc(C(C)C)ccc23)cc1C.[2H]C([2H])([2H])C([2H])(C)c1c[n+](C)c(-c2c(C)ccc3c2oc2nc(CC)ccc23)cc1C. The van der Waals surface area contributed by atoms with Gasteiger partial charge in [0.15, 0.2) is 58.9 Å². The molecule has 15 aromatic heterocycles. The molecule has 0 fully saturated rings. The normalized spacial score (nSPS) is 13.8. The molecule has 0 N–H and O–H groups in total. The number of hydrogen-bond acceptors (Lipinski definition) is 10. The lowest BCUT2D eigenvalue weighted by Crippen LogP contribution is -2.32. The summed E-state index contributed by atoms with van der Waals surface area (Å²) in [6.07, 6.45) is 12.0. The van der Waals surface area contributed by atoms with E-state index in [2.05, 4.69) is 324 Å². The second-order valence-corrected chi connectivity index (χ2v) is 40.1. The van der Waals surface area contributed by atoms with Gasteiger partial charge in [-0.1, -0.05) is 185 Å². The van der Waals surface area contributed by atoms with E-state index >= 15 is 0 Å². The van der Waals surface area contributed by atoms with Gasteiger partial charge in [-0.2, -0.15) is 0 Å². The van der Waals surface area contributed by atoms with Crippen molar-refractivity contribution in [2.45, 2.75) is 254 Å². The van der Waals surface area contributed by atoms with Crippen LogP contribution in [0.25, 0.3) is 167 Å². The monoisotopic (exact) mass is 1850 g/mol. The highest BCUT2D eigenvalue weighted by molar-refractivity contribution is 6.13. The van der Waals surface area contributed by atoms with Crippen molar-refractivity contribution < 1.29 is 55.9 Å². The first kappa shape index (κ1) is 87.4. The second-order valence-electron chi connectivity index (χ2n) is 40.1. The first-order chi connectivity index (χ1) is 68.7. The van der Waals surface area contributed by atoms with Gasteiger partial charge >= 0.3 is 0 Å². The fraction of sp³-hybridized carbons (Fsp3) is 0.350. The van der Waals surface area contributed by atoms with E-state index in [-0.39, 0.29) is 0 Å². The number of aryl methyl sites for hydroxylation is 17. The second kappa shape index (κ2) is 39.2. The van der Waals surface area contributed by atoms with Gasteiger partial charge in [-0.05, 0) is 246 Å². The van der Waals surface area contributed by atoms with Crippen molar-refractivity contribution in [3.8, 4) is 56.3 Å². The summed E-state index contributed by atoms with van der Waals surface area (Å²) < 4.78 is 106. The molecule has 0 radical (unpaired) electrons. The molecule has 0 aliphatic rings. The molecule has 0 amide bonds. The van der Waals surface area contributed by atoms with E-state index in [0.29, 0.717) is 58.1 Å². The minimum absolute atomic E-state index is 0.305. The highest BCUT2D eigenvalue weighted by Crippen LogP contribution is 2.45. The van der Waals surface area contributed by atoms with Crippen molar-refractivity contribution in [3.05, 3.63) is 295 Å². The van der Waals surface area contributed by atoms with Gasteiger partial charge in [0, 0.05) is 151 Å². The molecule has 20 rings (SSSR count). The molecule has 0 saturated carbocycles. The number of rotatable bonds is 15. The van der Waals surface area contributed by atoms with E-state index in [1.807, 2.05) is 75.2 Å². The van der Waals surface area contributed by atoms with Gasteiger partial charge in [0.25, 0.3) is 0 Å². The smallest absolute Gasteiger partial charge is 0.227 e. The highest BCUT2D eigenvalue weighted by atomic mass is 16.4. The van der Waals surface area contributed by atoms with Crippen molar-refractivity contribution in [2.75, 3.05) is 0 Å². The van der Waals surface area contributed by atoms with Crippen LogP contribution in [0.1, 0.15) is 295 Å². The van der Waals surface area contributed by atoms with Gasteiger partial charge in [0.05, 0.1) is 27.8 Å². The van der Waals surface area contributed by atoms with Gasteiger partial charge in [-0.3, -0.25) is 0 Å². The third kappa shape index (κ3) is 18.6. The molecule has 20 aromatic rings. The van der Waals surface area contributed by atoms with Gasteiger partial charge in [-0.25, -0.2) is 47.8 Å². The molecule has 2 unspecified atom stereocenters. The molecule has 15 heteroatoms. The summed E-state index contributed by atoms with van der Waals surface area (Å²) in [6, 6.07) is 53.0. The lowest BCUT2D eigenvalue weighted by Gasteiger charge is -2.11. The molecule has 708 valence electrons. The summed E-state index contributed by atoms with van der Waals surface area (Å²) in [7, 11) is 10.1. The molecule has 0 aliphatic carbocycles. The molecular formula is C123H141N10O5+5. The predicted octanol–water partition coefficient (Wildman–Crippen LogP) is 30.6. The zero-order valence-corrected chi connectivity index (χ0v) is 86.7. The Kier molecular flexibility index (Phi) is 24.8. The summed E-state index contributed by atoms with van der Waals surface area (Å²) >= 11 is 0. The van der Waals surface area contributed by atoms with Gasteiger partial charge in [0.1, 0.15) is 35.2 Å². The predicted molar refractivity (Wildman–Crippen MR) is 569 cm³/mol. The largest absolute Gasteiger partial charge is 0.437 e. The van der Waals surface area contributed by atoms with E-state index in [1.54, 1.807) is 12.4 Å². The number of fused-ring (bicyclic) bond motifs is 15. The van der Waals surface area contributed by atoms with E-state index in [1.165, 1.54) is 81.0 Å². The standard InChI is InChI=1S/3C25H29N2O.2C24H27N2O/c3*1-14(2)20-13-27(7)22(12-17(20)6)23-16(5)8-9-18-19-10-11-21(15(3)4)26-25(19)28-24(18)23;2*1-7-17-9-11-19-18-10-8-15(4)22(23(18)27-24(19)25-17)21-12-16(5)20(14(2)3)13-26(21)6/h3*8-15H,1-7H3;2*8-14H,7H2,1-6H3/q5*+1/i1D3,14D;;;2D3,14D;. The molecule has 0 bridgehead atoms. The summed E-state index contributed by atoms with van der Waals surface area (Å²) in [5.41, 5.74) is 39.9. The van der Waals surface area contributed by atoms with Crippen LogP contribution in [0.5, 0.6) is 0 Å². The van der Waals surface area contributed by atoms with Crippen LogP contribution < -0.4 is 22.8 Å². The number of benzene rings is 5. The summed E-state index contributed by atoms with van der Waals surface area (Å²) in [6.45, 7) is 49.4. The van der Waals surface area contributed by atoms with Crippen LogP contribution in [0.2, 0.25) is 0 Å². The van der Waals surface area contributed by atoms with E-state index in [9.17, 15) is 0 Å². The zero-order chi connectivity index (χ0) is 106. The van der Waals surface area contributed by atoms with Gasteiger partial charge in [0.2, 0.25) is 57.0 Å². The Morgan fingerprint density at radius 3 is 0.645 bits per heavy atom. The van der Waals surface area contributed by atoms with Crippen LogP contribution in [0.4, 0.5) is 0 Å². The Bertz CT molecular complexity index is 8340. The Morgan fingerprint density at radius 2 is 0.442 bits per heavy atom. The molecule has 2 atom stereocenters. The summed E-state index contributed by atoms with van der Waals surface area (Å²) in [4.78, 5) is 23.6. The zero-order valence-electron chi connectivity index (χ0n) is 94.7. The van der Waals surface area contributed by atoms with E-state index < -0.39 is 25.5 Å². The first-order valence-corrected chi connectivity index (χ1v) is 48.9. The van der Waals surface area contributed by atoms with Crippen LogP contribution in [0.15, 0.2) is 205 Å². The molecule has 0 saturated heterocycles. The molecule has 5 aromatic carbocycles. The quantitative estimate of drug-likeness (QED) is 0.0908. The van der Waals surface area contributed by atoms with Crippen LogP contribution >= 0.6 is 0 Å². The van der Waals surface area contributed by atoms with Crippen LogP contribution in [-0.2, 0) is 48.1 Å². The number of aromatic nitrogens is 10. The molecule has 0 spiro atoms. The highest BCUT2D eigenvalue weighted by Gasteiger charge is 2.31. The maximum absolute atomic E-state index is 8.53. The fourth-order valence-electron chi connectivity index (χ4n) is 19.8. The molecular weight excluding hydrogens is 1700 g/mol. The topological polar surface area (TPSA) is 150 Å². The Balaban J connectivity index is 0.000000131. The van der Waals surface area contributed by atoms with Gasteiger partial charge < -0.3 is 22.1 Å². The molecule has 0 aliphatic heterocycles. The minimum Gasteiger partial charge on any atom is -0.437 e. The Hall–Kier alpha value is -13.4. The van der Waals surface area contributed by atoms with E-state index in [0.717, 1.165) is 202 Å². The number of hydrogen-bond donors (Lipinski definition) is 0. The Labute approximate surface area is 826 Å². The average molecular weight is 1850 g/mol.